The fourth-order valence-corrected chi connectivity index (χ4v) is 1.70. The van der Waals surface area contributed by atoms with E-state index >= 15 is 0 Å². The van der Waals surface area contributed by atoms with E-state index in [1.165, 1.54) is 12.1 Å². The van der Waals surface area contributed by atoms with E-state index in [0.29, 0.717) is 16.9 Å². The number of alkyl halides is 2. The lowest BCUT2D eigenvalue weighted by Gasteiger charge is -2.03. The van der Waals surface area contributed by atoms with Gasteiger partial charge in [0, 0.05) is 11.1 Å². The summed E-state index contributed by atoms with van der Waals surface area (Å²) < 4.78 is 30.2. The molecule has 5 heteroatoms. The van der Waals surface area contributed by atoms with Gasteiger partial charge in [0.05, 0.1) is 7.11 Å². The Morgan fingerprint density at radius 3 is 2.71 bits per heavy atom. The maximum atomic E-state index is 12.5. The first-order chi connectivity index (χ1) is 10.2. The third kappa shape index (κ3) is 4.56. The lowest BCUT2D eigenvalue weighted by atomic mass is 10.1. The summed E-state index contributed by atoms with van der Waals surface area (Å²) >= 11 is 0. The molecule has 2 rings (SSSR count). The third-order valence-electron chi connectivity index (χ3n) is 2.74. The third-order valence-corrected chi connectivity index (χ3v) is 2.74. The van der Waals surface area contributed by atoms with Gasteiger partial charge in [-0.1, -0.05) is 35.5 Å². The Morgan fingerprint density at radius 2 is 1.95 bits per heavy atom. The quantitative estimate of drug-likeness (QED) is 0.593. The smallest absolute Gasteiger partial charge is 0.263 e. The molecule has 109 valence electrons. The van der Waals surface area contributed by atoms with Crippen LogP contribution in [0.3, 0.4) is 0 Å². The van der Waals surface area contributed by atoms with Crippen LogP contribution < -0.4 is 4.74 Å². The van der Waals surface area contributed by atoms with E-state index in [1.54, 1.807) is 31.4 Å². The van der Waals surface area contributed by atoms with Crippen molar-refractivity contribution in [1.82, 2.24) is 0 Å². The van der Waals surface area contributed by atoms with Crippen molar-refractivity contribution in [1.29, 1.82) is 0 Å². The first-order valence-corrected chi connectivity index (χ1v) is 6.28. The molecule has 0 spiro atoms. The molecule has 0 amide bonds. The average Bonchev–Trinajstić information content (AvgIpc) is 2.52. The van der Waals surface area contributed by atoms with Crippen LogP contribution in [0, 0.1) is 0 Å². The van der Waals surface area contributed by atoms with Gasteiger partial charge < -0.3 is 9.57 Å². The van der Waals surface area contributed by atoms with Gasteiger partial charge in [-0.2, -0.15) is 0 Å². The fourth-order valence-electron chi connectivity index (χ4n) is 1.70. The zero-order valence-electron chi connectivity index (χ0n) is 11.4. The predicted octanol–water partition coefficient (Wildman–Crippen LogP) is 4.06. The molecular weight excluding hydrogens is 276 g/mol. The van der Waals surface area contributed by atoms with E-state index in [-0.39, 0.29) is 12.2 Å². The molecule has 0 aliphatic rings. The van der Waals surface area contributed by atoms with Gasteiger partial charge in [-0.15, -0.1) is 0 Å². The second-order valence-electron chi connectivity index (χ2n) is 4.25. The van der Waals surface area contributed by atoms with Crippen molar-refractivity contribution in [2.24, 2.45) is 5.16 Å². The highest BCUT2D eigenvalue weighted by Gasteiger charge is 2.06. The molecule has 0 saturated carbocycles. The van der Waals surface area contributed by atoms with Crippen molar-refractivity contribution in [2.45, 2.75) is 13.0 Å². The summed E-state index contributed by atoms with van der Waals surface area (Å²) in [7, 11) is 1.57. The summed E-state index contributed by atoms with van der Waals surface area (Å²) in [6.45, 7) is 0.109. The van der Waals surface area contributed by atoms with E-state index in [9.17, 15) is 8.78 Å². The average molecular weight is 290 g/mol. The molecule has 0 atom stereocenters. The Balaban J connectivity index is 1.91. The molecule has 0 saturated heterocycles. The van der Waals surface area contributed by atoms with Crippen LogP contribution in [0.25, 0.3) is 0 Å². The highest BCUT2D eigenvalue weighted by atomic mass is 19.3. The van der Waals surface area contributed by atoms with Crippen LogP contribution in [0.5, 0.6) is 5.75 Å². The van der Waals surface area contributed by atoms with Crippen molar-refractivity contribution < 1.29 is 18.4 Å². The minimum atomic E-state index is -2.49. The Labute approximate surface area is 121 Å². The van der Waals surface area contributed by atoms with E-state index in [4.69, 9.17) is 9.57 Å². The van der Waals surface area contributed by atoms with Gasteiger partial charge >= 0.3 is 0 Å². The van der Waals surface area contributed by atoms with Crippen molar-refractivity contribution >= 4 is 6.21 Å². The summed E-state index contributed by atoms with van der Waals surface area (Å²) in [5.74, 6) is 0.694. The molecule has 2 aromatic carbocycles. The molecule has 0 aliphatic carbocycles. The van der Waals surface area contributed by atoms with Gasteiger partial charge in [-0.3, -0.25) is 0 Å². The fraction of sp³-hybridized carbons (Fsp3) is 0.188. The highest BCUT2D eigenvalue weighted by molar-refractivity contribution is 5.79. The number of hydrogen-bond donors (Lipinski definition) is 0. The molecule has 0 aromatic heterocycles. The van der Waals surface area contributed by atoms with E-state index in [2.05, 4.69) is 11.4 Å². The van der Waals surface area contributed by atoms with Crippen molar-refractivity contribution in [2.75, 3.05) is 7.11 Å². The first kappa shape index (κ1) is 15.0. The SMILES string of the molecule is COc1cccc(/[C]=N\OCc2cccc(C(F)F)c2)c1. The van der Waals surface area contributed by atoms with Crippen LogP contribution in [0.15, 0.2) is 53.7 Å². The zero-order chi connectivity index (χ0) is 15.1. The van der Waals surface area contributed by atoms with Gasteiger partial charge in [0.2, 0.25) is 0 Å². The van der Waals surface area contributed by atoms with Crippen LogP contribution in [0.4, 0.5) is 8.78 Å². The minimum absolute atomic E-state index is 0.0307. The number of ether oxygens (including phenoxy) is 1. The summed E-state index contributed by atoms with van der Waals surface area (Å²) in [6, 6.07) is 13.2. The lowest BCUT2D eigenvalue weighted by molar-refractivity contribution is 0.130. The first-order valence-electron chi connectivity index (χ1n) is 6.28. The Morgan fingerprint density at radius 1 is 1.14 bits per heavy atom. The zero-order valence-corrected chi connectivity index (χ0v) is 11.4. The molecule has 0 N–H and O–H groups in total. The van der Waals surface area contributed by atoms with Crippen molar-refractivity contribution in [3.63, 3.8) is 0 Å². The number of methoxy groups -OCH3 is 1. The van der Waals surface area contributed by atoms with Gasteiger partial charge in [-0.25, -0.2) is 8.78 Å². The Bertz CT molecular complexity index is 615. The molecule has 3 nitrogen and oxygen atoms in total. The molecule has 0 unspecified atom stereocenters. The van der Waals surface area contributed by atoms with Crippen LogP contribution in [-0.2, 0) is 11.4 Å². The summed E-state index contributed by atoms with van der Waals surface area (Å²) in [5, 5.41) is 3.69. The van der Waals surface area contributed by atoms with Crippen molar-refractivity contribution in [3.8, 4) is 5.75 Å². The molecule has 0 bridgehead atoms. The van der Waals surface area contributed by atoms with Gasteiger partial charge in [0.15, 0.2) is 0 Å². The summed E-state index contributed by atoms with van der Waals surface area (Å²) in [6.07, 6.45) is 0.213. The van der Waals surface area contributed by atoms with E-state index in [1.807, 2.05) is 12.1 Å². The molecule has 21 heavy (non-hydrogen) atoms. The van der Waals surface area contributed by atoms with Crippen LogP contribution in [-0.4, -0.2) is 13.3 Å². The predicted molar refractivity (Wildman–Crippen MR) is 75.7 cm³/mol. The standard InChI is InChI=1S/C16H14F2NO2/c1-20-15-7-3-4-12(9-15)10-19-21-11-13-5-2-6-14(8-13)16(17)18/h2-9,16H,11H2,1H3. The van der Waals surface area contributed by atoms with Crippen LogP contribution >= 0.6 is 0 Å². The second kappa shape index (κ2) is 7.38. The van der Waals surface area contributed by atoms with E-state index < -0.39 is 6.43 Å². The number of rotatable bonds is 6. The molecular formula is C16H14F2NO2. The van der Waals surface area contributed by atoms with Crippen molar-refractivity contribution in [3.05, 3.63) is 65.2 Å². The molecule has 1 radical (unpaired) electrons. The Kier molecular flexibility index (Phi) is 5.26. The monoisotopic (exact) mass is 290 g/mol. The Hall–Kier alpha value is -2.43. The summed E-state index contributed by atoms with van der Waals surface area (Å²) in [5.41, 5.74) is 1.30. The molecule has 0 fully saturated rings. The molecule has 0 aliphatic heterocycles. The molecule has 2 aromatic rings. The van der Waals surface area contributed by atoms with E-state index in [0.717, 1.165) is 0 Å². The minimum Gasteiger partial charge on any atom is -0.497 e. The number of nitrogens with zero attached hydrogens (tertiary/aromatic N) is 1. The largest absolute Gasteiger partial charge is 0.497 e. The topological polar surface area (TPSA) is 30.8 Å². The van der Waals surface area contributed by atoms with Crippen LogP contribution in [0.2, 0.25) is 0 Å². The highest BCUT2D eigenvalue weighted by Crippen LogP contribution is 2.19. The lowest BCUT2D eigenvalue weighted by Crippen LogP contribution is -1.91. The maximum absolute atomic E-state index is 12.5. The van der Waals surface area contributed by atoms with Gasteiger partial charge in [0.1, 0.15) is 18.6 Å². The second-order valence-corrected chi connectivity index (χ2v) is 4.25. The van der Waals surface area contributed by atoms with Gasteiger partial charge in [0.25, 0.3) is 6.43 Å². The molecule has 0 heterocycles. The van der Waals surface area contributed by atoms with Gasteiger partial charge in [-0.05, 0) is 23.8 Å². The number of benzene rings is 2. The number of halogens is 2. The van der Waals surface area contributed by atoms with Crippen LogP contribution in [0.1, 0.15) is 23.1 Å². The maximum Gasteiger partial charge on any atom is 0.263 e. The number of hydrogen-bond acceptors (Lipinski definition) is 3. The normalized spacial score (nSPS) is 11.0. The summed E-state index contributed by atoms with van der Waals surface area (Å²) in [4.78, 5) is 5.06.